The van der Waals surface area contributed by atoms with Gasteiger partial charge in [-0.1, -0.05) is 0 Å². The van der Waals surface area contributed by atoms with Crippen molar-refractivity contribution >= 4 is 5.69 Å². The van der Waals surface area contributed by atoms with E-state index in [2.05, 4.69) is 0 Å². The van der Waals surface area contributed by atoms with Crippen LogP contribution in [-0.2, 0) is 0 Å². The molecule has 0 aromatic heterocycles. The summed E-state index contributed by atoms with van der Waals surface area (Å²) >= 11 is 0. The second-order valence-electron chi connectivity index (χ2n) is 3.66. The Morgan fingerprint density at radius 3 is 2.44 bits per heavy atom. The van der Waals surface area contributed by atoms with Crippen molar-refractivity contribution in [1.82, 2.24) is 0 Å². The zero-order valence-electron chi connectivity index (χ0n) is 8.28. The third-order valence-corrected chi connectivity index (χ3v) is 2.54. The summed E-state index contributed by atoms with van der Waals surface area (Å²) in [5, 5.41) is 10.6. The van der Waals surface area contributed by atoms with Gasteiger partial charge in [0.25, 0.3) is 0 Å². The molecular formula is C10H9F2NO3. The van der Waals surface area contributed by atoms with Crippen molar-refractivity contribution in [2.45, 2.75) is 25.4 Å². The number of hydrogen-bond acceptors (Lipinski definition) is 3. The minimum absolute atomic E-state index is 0.122. The topological polar surface area (TPSA) is 52.4 Å². The van der Waals surface area contributed by atoms with Gasteiger partial charge in [0.1, 0.15) is 0 Å². The summed E-state index contributed by atoms with van der Waals surface area (Å²) in [6.07, 6.45) is 2.44. The molecule has 0 spiro atoms. The number of nitrogens with zero attached hydrogens (tertiary/aromatic N) is 1. The highest BCUT2D eigenvalue weighted by Gasteiger charge is 2.25. The van der Waals surface area contributed by atoms with Gasteiger partial charge >= 0.3 is 5.69 Å². The van der Waals surface area contributed by atoms with Crippen LogP contribution in [0.5, 0.6) is 5.75 Å². The van der Waals surface area contributed by atoms with Crippen LogP contribution >= 0.6 is 0 Å². The summed E-state index contributed by atoms with van der Waals surface area (Å²) in [6, 6.07) is 1.27. The van der Waals surface area contributed by atoms with Crippen molar-refractivity contribution < 1.29 is 18.4 Å². The monoisotopic (exact) mass is 229 g/mol. The third-order valence-electron chi connectivity index (χ3n) is 2.54. The second-order valence-corrected chi connectivity index (χ2v) is 3.66. The maximum absolute atomic E-state index is 12.9. The summed E-state index contributed by atoms with van der Waals surface area (Å²) < 4.78 is 31.0. The third kappa shape index (κ3) is 1.95. The normalized spacial score (nSPS) is 15.6. The zero-order valence-corrected chi connectivity index (χ0v) is 8.28. The molecule has 6 heteroatoms. The van der Waals surface area contributed by atoms with E-state index in [1.54, 1.807) is 0 Å². The second kappa shape index (κ2) is 4.03. The van der Waals surface area contributed by atoms with Crippen LogP contribution in [0.25, 0.3) is 0 Å². The van der Waals surface area contributed by atoms with E-state index in [9.17, 15) is 18.9 Å². The van der Waals surface area contributed by atoms with Crippen LogP contribution in [0.1, 0.15) is 19.3 Å². The van der Waals surface area contributed by atoms with Gasteiger partial charge in [-0.2, -0.15) is 0 Å². The first-order valence-electron chi connectivity index (χ1n) is 4.88. The molecule has 1 aliphatic carbocycles. The molecule has 0 aliphatic heterocycles. The van der Waals surface area contributed by atoms with Gasteiger partial charge in [-0.05, 0) is 19.3 Å². The first-order valence-corrected chi connectivity index (χ1v) is 4.88. The minimum atomic E-state index is -1.24. The molecule has 86 valence electrons. The number of nitro groups is 1. The quantitative estimate of drug-likeness (QED) is 0.591. The Morgan fingerprint density at radius 2 is 1.94 bits per heavy atom. The van der Waals surface area contributed by atoms with E-state index in [0.29, 0.717) is 6.07 Å². The number of rotatable bonds is 3. The fraction of sp³-hybridized carbons (Fsp3) is 0.400. The Bertz CT molecular complexity index is 432. The maximum atomic E-state index is 12.9. The van der Waals surface area contributed by atoms with Crippen molar-refractivity contribution in [3.63, 3.8) is 0 Å². The molecule has 0 amide bonds. The highest BCUT2D eigenvalue weighted by Crippen LogP contribution is 2.33. The molecule has 4 nitrogen and oxygen atoms in total. The summed E-state index contributed by atoms with van der Waals surface area (Å²) in [5.74, 6) is -2.58. The molecular weight excluding hydrogens is 220 g/mol. The van der Waals surface area contributed by atoms with Crippen LogP contribution in [0.3, 0.4) is 0 Å². The lowest BCUT2D eigenvalue weighted by molar-refractivity contribution is -0.386. The molecule has 0 N–H and O–H groups in total. The Hall–Kier alpha value is -1.72. The number of halogens is 2. The molecule has 0 saturated heterocycles. The Labute approximate surface area is 90.0 Å². The molecule has 1 fully saturated rings. The van der Waals surface area contributed by atoms with Gasteiger partial charge in [-0.25, -0.2) is 8.78 Å². The molecule has 0 radical (unpaired) electrons. The number of benzene rings is 1. The standard InChI is InChI=1S/C10H9F2NO3/c11-7-4-9(13(14)15)10(5-8(7)12)16-6-2-1-3-6/h4-6H,1-3H2. The van der Waals surface area contributed by atoms with Crippen molar-refractivity contribution in [3.8, 4) is 5.75 Å². The molecule has 1 aliphatic rings. The molecule has 0 heterocycles. The highest BCUT2D eigenvalue weighted by atomic mass is 19.2. The van der Waals surface area contributed by atoms with Gasteiger partial charge in [0, 0.05) is 6.07 Å². The minimum Gasteiger partial charge on any atom is -0.483 e. The first kappa shape index (κ1) is 10.8. The molecule has 1 aromatic rings. The van der Waals surface area contributed by atoms with E-state index in [4.69, 9.17) is 4.74 Å². The molecule has 1 aromatic carbocycles. The fourth-order valence-electron chi connectivity index (χ4n) is 1.42. The smallest absolute Gasteiger partial charge is 0.314 e. The van der Waals surface area contributed by atoms with Crippen LogP contribution < -0.4 is 4.74 Å². The van der Waals surface area contributed by atoms with E-state index in [1.165, 1.54) is 0 Å². The summed E-state index contributed by atoms with van der Waals surface area (Å²) in [5.41, 5.74) is -0.536. The predicted molar refractivity (Wildman–Crippen MR) is 51.3 cm³/mol. The van der Waals surface area contributed by atoms with Gasteiger partial charge in [-0.15, -0.1) is 0 Å². The first-order chi connectivity index (χ1) is 7.58. The van der Waals surface area contributed by atoms with Gasteiger partial charge in [0.2, 0.25) is 5.75 Å². The van der Waals surface area contributed by atoms with Gasteiger partial charge in [0.05, 0.1) is 17.1 Å². The average Bonchev–Trinajstić information content (AvgIpc) is 2.16. The van der Waals surface area contributed by atoms with Crippen LogP contribution in [0.4, 0.5) is 14.5 Å². The molecule has 0 unspecified atom stereocenters. The van der Waals surface area contributed by atoms with Gasteiger partial charge in [-0.3, -0.25) is 10.1 Å². The van der Waals surface area contributed by atoms with E-state index >= 15 is 0 Å². The van der Waals surface area contributed by atoms with Gasteiger partial charge in [0.15, 0.2) is 11.6 Å². The number of hydrogen-bond donors (Lipinski definition) is 0. The lowest BCUT2D eigenvalue weighted by Crippen LogP contribution is -2.25. The Balaban J connectivity index is 2.32. The largest absolute Gasteiger partial charge is 0.483 e. The highest BCUT2D eigenvalue weighted by molar-refractivity contribution is 5.47. The molecule has 2 rings (SSSR count). The molecule has 0 bridgehead atoms. The number of ether oxygens (including phenoxy) is 1. The summed E-state index contributed by atoms with van der Waals surface area (Å²) in [7, 11) is 0. The Kier molecular flexibility index (Phi) is 2.72. The summed E-state index contributed by atoms with van der Waals surface area (Å²) in [6.45, 7) is 0. The van der Waals surface area contributed by atoms with Crippen molar-refractivity contribution in [2.75, 3.05) is 0 Å². The molecule has 1 saturated carbocycles. The van der Waals surface area contributed by atoms with E-state index in [1.807, 2.05) is 0 Å². The maximum Gasteiger partial charge on any atom is 0.314 e. The van der Waals surface area contributed by atoms with Crippen LogP contribution in [0, 0.1) is 21.7 Å². The van der Waals surface area contributed by atoms with Crippen molar-refractivity contribution in [3.05, 3.63) is 33.9 Å². The van der Waals surface area contributed by atoms with Crippen LogP contribution in [0.15, 0.2) is 12.1 Å². The van der Waals surface area contributed by atoms with E-state index in [-0.39, 0.29) is 11.9 Å². The zero-order chi connectivity index (χ0) is 11.7. The lowest BCUT2D eigenvalue weighted by Gasteiger charge is -2.26. The van der Waals surface area contributed by atoms with Crippen LogP contribution in [-0.4, -0.2) is 11.0 Å². The Morgan fingerprint density at radius 1 is 1.31 bits per heavy atom. The average molecular weight is 229 g/mol. The summed E-state index contributed by atoms with van der Waals surface area (Å²) in [4.78, 5) is 9.83. The fourth-order valence-corrected chi connectivity index (χ4v) is 1.42. The van der Waals surface area contributed by atoms with Crippen molar-refractivity contribution in [1.29, 1.82) is 0 Å². The van der Waals surface area contributed by atoms with E-state index in [0.717, 1.165) is 25.3 Å². The lowest BCUT2D eigenvalue weighted by atomic mass is 9.96. The molecule has 16 heavy (non-hydrogen) atoms. The van der Waals surface area contributed by atoms with E-state index < -0.39 is 22.2 Å². The van der Waals surface area contributed by atoms with Crippen LogP contribution in [0.2, 0.25) is 0 Å². The SMILES string of the molecule is O=[N+]([O-])c1cc(F)c(F)cc1OC1CCC1. The van der Waals surface area contributed by atoms with Gasteiger partial charge < -0.3 is 4.74 Å². The van der Waals surface area contributed by atoms with Crippen molar-refractivity contribution in [2.24, 2.45) is 0 Å². The number of nitro benzene ring substituents is 1. The molecule has 0 atom stereocenters. The predicted octanol–water partition coefficient (Wildman–Crippen LogP) is 2.80.